The molecule has 120 valence electrons. The fourth-order valence-corrected chi connectivity index (χ4v) is 2.81. The molecule has 0 nitrogen and oxygen atoms in total. The molecule has 0 heteroatoms. The van der Waals surface area contributed by atoms with Crippen molar-refractivity contribution >= 4 is 0 Å². The van der Waals surface area contributed by atoms with Gasteiger partial charge in [-0.25, -0.2) is 0 Å². The summed E-state index contributed by atoms with van der Waals surface area (Å²) in [7, 11) is 0. The molecule has 1 aliphatic rings. The van der Waals surface area contributed by atoms with Crippen LogP contribution < -0.4 is 0 Å². The third-order valence-electron chi connectivity index (χ3n) is 4.22. The van der Waals surface area contributed by atoms with Gasteiger partial charge in [0.15, 0.2) is 0 Å². The van der Waals surface area contributed by atoms with E-state index in [1.165, 1.54) is 96.3 Å². The largest absolute Gasteiger partial charge is 0.0885 e. The lowest BCUT2D eigenvalue weighted by Crippen LogP contribution is -1.77. The maximum Gasteiger partial charge on any atom is -0.0351 e. The van der Waals surface area contributed by atoms with Crippen LogP contribution in [0.3, 0.4) is 0 Å². The Labute approximate surface area is 133 Å². The third kappa shape index (κ3) is 13.9. The Balaban J connectivity index is 2.16. The highest BCUT2D eigenvalue weighted by molar-refractivity contribution is 4.84. The minimum atomic E-state index is 1.28. The monoisotopic (exact) mass is 288 g/mol. The first-order valence-corrected chi connectivity index (χ1v) is 9.45. The zero-order valence-electron chi connectivity index (χ0n) is 14.1. The Morgan fingerprint density at radius 2 is 0.429 bits per heavy atom. The van der Waals surface area contributed by atoms with E-state index in [2.05, 4.69) is 36.5 Å². The van der Waals surface area contributed by atoms with E-state index < -0.39 is 0 Å². The zero-order chi connectivity index (χ0) is 14.8. The molecule has 21 heavy (non-hydrogen) atoms. The van der Waals surface area contributed by atoms with Crippen molar-refractivity contribution in [3.8, 4) is 0 Å². The zero-order valence-corrected chi connectivity index (χ0v) is 14.1. The highest BCUT2D eigenvalue weighted by Gasteiger charge is 1.90. The van der Waals surface area contributed by atoms with Gasteiger partial charge in [-0.3, -0.25) is 0 Å². The van der Waals surface area contributed by atoms with Gasteiger partial charge in [0.25, 0.3) is 0 Å². The van der Waals surface area contributed by atoms with Crippen molar-refractivity contribution in [2.24, 2.45) is 0 Å². The smallest absolute Gasteiger partial charge is 0.0351 e. The number of hydrogen-bond acceptors (Lipinski definition) is 0. The lowest BCUT2D eigenvalue weighted by atomic mass is 10.1. The molecule has 0 atom stereocenters. The lowest BCUT2D eigenvalue weighted by Gasteiger charge is -1.97. The minimum absolute atomic E-state index is 1.28. The van der Waals surface area contributed by atoms with Gasteiger partial charge in [-0.1, -0.05) is 55.7 Å². The first-order valence-electron chi connectivity index (χ1n) is 9.45. The second kappa shape index (κ2) is 15.6. The predicted molar refractivity (Wildman–Crippen MR) is 96.7 cm³/mol. The Bertz CT molecular complexity index is 211. The van der Waals surface area contributed by atoms with Crippen LogP contribution in [0.4, 0.5) is 0 Å². The summed E-state index contributed by atoms with van der Waals surface area (Å²) in [6.07, 6.45) is 34.5. The molecule has 0 saturated heterocycles. The van der Waals surface area contributed by atoms with Gasteiger partial charge in [0, 0.05) is 0 Å². The maximum atomic E-state index is 2.40. The lowest BCUT2D eigenvalue weighted by molar-refractivity contribution is 0.684. The van der Waals surface area contributed by atoms with Crippen LogP contribution in [0.25, 0.3) is 0 Å². The molecule has 0 unspecified atom stereocenters. The van der Waals surface area contributed by atoms with Crippen LogP contribution in [0.2, 0.25) is 0 Å². The molecule has 0 amide bonds. The van der Waals surface area contributed by atoms with E-state index in [0.29, 0.717) is 0 Å². The molecule has 0 aliphatic heterocycles. The number of rotatable bonds is 0. The summed E-state index contributed by atoms with van der Waals surface area (Å²) in [5.41, 5.74) is 0. The molecule has 1 rings (SSSR count). The Hall–Kier alpha value is -0.780. The number of allylic oxidation sites excluding steroid dienone is 6. The highest BCUT2D eigenvalue weighted by Crippen LogP contribution is 2.10. The molecular formula is C21H36. The van der Waals surface area contributed by atoms with Gasteiger partial charge >= 0.3 is 0 Å². The van der Waals surface area contributed by atoms with Crippen LogP contribution in [0.15, 0.2) is 36.5 Å². The van der Waals surface area contributed by atoms with Crippen molar-refractivity contribution in [3.05, 3.63) is 36.5 Å². The van der Waals surface area contributed by atoms with Crippen LogP contribution in [0, 0.1) is 0 Å². The summed E-state index contributed by atoms with van der Waals surface area (Å²) in [6.45, 7) is 0. The Kier molecular flexibility index (Phi) is 13.6. The Morgan fingerprint density at radius 1 is 0.238 bits per heavy atom. The SMILES string of the molecule is C1=C\CCCCC/C=C/CCCCC/C=C/CCCCC/1. The molecule has 0 bridgehead atoms. The van der Waals surface area contributed by atoms with E-state index in [4.69, 9.17) is 0 Å². The molecule has 0 fully saturated rings. The fourth-order valence-electron chi connectivity index (χ4n) is 2.81. The van der Waals surface area contributed by atoms with E-state index in [0.717, 1.165) is 0 Å². The van der Waals surface area contributed by atoms with Crippen molar-refractivity contribution in [2.45, 2.75) is 96.3 Å². The minimum Gasteiger partial charge on any atom is -0.0885 e. The quantitative estimate of drug-likeness (QED) is 0.404. The van der Waals surface area contributed by atoms with Gasteiger partial charge in [0.05, 0.1) is 0 Å². The topological polar surface area (TPSA) is 0 Å². The van der Waals surface area contributed by atoms with Crippen LogP contribution in [-0.4, -0.2) is 0 Å². The summed E-state index contributed by atoms with van der Waals surface area (Å²) in [6, 6.07) is 0. The second-order valence-corrected chi connectivity index (χ2v) is 6.33. The molecule has 0 heterocycles. The van der Waals surface area contributed by atoms with Gasteiger partial charge in [-0.2, -0.15) is 0 Å². The van der Waals surface area contributed by atoms with Gasteiger partial charge in [-0.05, 0) is 77.0 Å². The predicted octanol–water partition coefficient (Wildman–Crippen LogP) is 7.52. The molecule has 1 aliphatic carbocycles. The molecule has 0 N–H and O–H groups in total. The summed E-state index contributed by atoms with van der Waals surface area (Å²) in [4.78, 5) is 0. The van der Waals surface area contributed by atoms with E-state index in [9.17, 15) is 0 Å². The summed E-state index contributed by atoms with van der Waals surface area (Å²) in [5.74, 6) is 0. The van der Waals surface area contributed by atoms with E-state index in [1.807, 2.05) is 0 Å². The van der Waals surface area contributed by atoms with Crippen LogP contribution in [0.1, 0.15) is 96.3 Å². The fraction of sp³-hybridized carbons (Fsp3) is 0.714. The maximum absolute atomic E-state index is 2.40. The summed E-state index contributed by atoms with van der Waals surface area (Å²) < 4.78 is 0. The average molecular weight is 289 g/mol. The normalized spacial score (nSPS) is 26.3. The van der Waals surface area contributed by atoms with E-state index in [-0.39, 0.29) is 0 Å². The van der Waals surface area contributed by atoms with Crippen molar-refractivity contribution in [1.82, 2.24) is 0 Å². The first kappa shape index (κ1) is 18.3. The van der Waals surface area contributed by atoms with Gasteiger partial charge in [-0.15, -0.1) is 0 Å². The van der Waals surface area contributed by atoms with Gasteiger partial charge in [0.2, 0.25) is 0 Å². The number of hydrogen-bond donors (Lipinski definition) is 0. The van der Waals surface area contributed by atoms with Crippen LogP contribution in [0.5, 0.6) is 0 Å². The van der Waals surface area contributed by atoms with Crippen molar-refractivity contribution in [3.63, 3.8) is 0 Å². The molecule has 0 saturated carbocycles. The van der Waals surface area contributed by atoms with Crippen LogP contribution >= 0.6 is 0 Å². The first-order chi connectivity index (χ1) is 10.5. The van der Waals surface area contributed by atoms with Crippen LogP contribution in [-0.2, 0) is 0 Å². The van der Waals surface area contributed by atoms with Crippen molar-refractivity contribution in [1.29, 1.82) is 0 Å². The van der Waals surface area contributed by atoms with Gasteiger partial charge in [0.1, 0.15) is 0 Å². The molecular weight excluding hydrogens is 252 g/mol. The third-order valence-corrected chi connectivity index (χ3v) is 4.22. The standard InChI is InChI=1S/C21H36/c1-2-4-6-8-10-12-14-16-18-20-21-19-17-15-13-11-9-7-5-3-1/h1-2,13-16H,3-12,17-21H2/b2-1-,15-13+,16-14+. The van der Waals surface area contributed by atoms with E-state index >= 15 is 0 Å². The summed E-state index contributed by atoms with van der Waals surface area (Å²) >= 11 is 0. The Morgan fingerprint density at radius 3 is 0.619 bits per heavy atom. The van der Waals surface area contributed by atoms with Crippen molar-refractivity contribution in [2.75, 3.05) is 0 Å². The molecule has 0 aromatic heterocycles. The van der Waals surface area contributed by atoms with E-state index in [1.54, 1.807) is 0 Å². The van der Waals surface area contributed by atoms with Crippen molar-refractivity contribution < 1.29 is 0 Å². The molecule has 0 spiro atoms. The second-order valence-electron chi connectivity index (χ2n) is 6.33. The molecule has 0 aromatic carbocycles. The highest BCUT2D eigenvalue weighted by atomic mass is 14.0. The summed E-state index contributed by atoms with van der Waals surface area (Å²) in [5, 5.41) is 0. The average Bonchev–Trinajstić information content (AvgIpc) is 2.50. The molecule has 0 radical (unpaired) electrons. The molecule has 0 aromatic rings. The van der Waals surface area contributed by atoms with Gasteiger partial charge < -0.3 is 0 Å².